The number of fused-ring (bicyclic) bond motifs is 1. The van der Waals surface area contributed by atoms with Crippen LogP contribution in [-0.4, -0.2) is 45.7 Å². The van der Waals surface area contributed by atoms with Crippen molar-refractivity contribution < 1.29 is 9.59 Å². The molecule has 0 radical (unpaired) electrons. The Kier molecular flexibility index (Phi) is 7.77. The van der Waals surface area contributed by atoms with Gasteiger partial charge >= 0.3 is 0 Å². The quantitative estimate of drug-likeness (QED) is 0.356. The van der Waals surface area contributed by atoms with Crippen LogP contribution in [0.1, 0.15) is 51.2 Å². The van der Waals surface area contributed by atoms with Gasteiger partial charge in [0.1, 0.15) is 6.54 Å². The first-order chi connectivity index (χ1) is 16.6. The first kappa shape index (κ1) is 25.6. The van der Waals surface area contributed by atoms with Gasteiger partial charge in [-0.2, -0.15) is 0 Å². The van der Waals surface area contributed by atoms with Crippen molar-refractivity contribution in [2.24, 2.45) is 5.41 Å². The molecule has 1 aromatic heterocycles. The lowest BCUT2D eigenvalue weighted by atomic mass is 9.91. The summed E-state index contributed by atoms with van der Waals surface area (Å²) in [5.41, 5.74) is 3.03. The molecule has 1 aliphatic carbocycles. The molecule has 2 amide bonds. The largest absolute Gasteiger partial charge is 0.361 e. The summed E-state index contributed by atoms with van der Waals surface area (Å²) in [5, 5.41) is 2.11. The van der Waals surface area contributed by atoms with Crippen LogP contribution in [0.3, 0.4) is 0 Å². The van der Waals surface area contributed by atoms with Crippen molar-refractivity contribution in [1.82, 2.24) is 14.8 Å². The molecular weight excluding hydrogens is 481 g/mol. The standard InChI is InChI=1S/C28H33Cl2N3O2/c1-28(2,3)15-26(34)33(21-9-10-21)18-27(35)32(17-19-8-11-23(29)24(30)14-19)13-12-20-16-31-25-7-5-4-6-22(20)25/h4-8,11,14,16,21,31H,9-10,12-13,15,17-18H2,1-3H3. The third-order valence-corrected chi connectivity index (χ3v) is 7.07. The Balaban J connectivity index is 1.52. The van der Waals surface area contributed by atoms with Gasteiger partial charge in [0.05, 0.1) is 10.0 Å². The zero-order valence-electron chi connectivity index (χ0n) is 20.6. The van der Waals surface area contributed by atoms with Gasteiger partial charge in [0.25, 0.3) is 0 Å². The van der Waals surface area contributed by atoms with E-state index in [0.717, 1.165) is 34.9 Å². The lowest BCUT2D eigenvalue weighted by molar-refractivity contribution is -0.142. The van der Waals surface area contributed by atoms with Gasteiger partial charge < -0.3 is 14.8 Å². The first-order valence-corrected chi connectivity index (χ1v) is 12.9. The minimum Gasteiger partial charge on any atom is -0.361 e. The second-order valence-electron chi connectivity index (χ2n) is 10.7. The molecule has 1 aliphatic rings. The molecule has 0 saturated heterocycles. The maximum absolute atomic E-state index is 13.6. The fraction of sp³-hybridized carbons (Fsp3) is 0.429. The fourth-order valence-electron chi connectivity index (χ4n) is 4.35. The third-order valence-electron chi connectivity index (χ3n) is 6.33. The van der Waals surface area contributed by atoms with Gasteiger partial charge in [0, 0.05) is 42.7 Å². The van der Waals surface area contributed by atoms with Crippen molar-refractivity contribution in [3.63, 3.8) is 0 Å². The molecule has 3 aromatic rings. The number of hydrogen-bond donors (Lipinski definition) is 1. The number of rotatable bonds is 9. The van der Waals surface area contributed by atoms with E-state index in [0.29, 0.717) is 36.0 Å². The van der Waals surface area contributed by atoms with Crippen LogP contribution in [0.4, 0.5) is 0 Å². The molecule has 186 valence electrons. The van der Waals surface area contributed by atoms with E-state index in [1.807, 2.05) is 35.4 Å². The molecule has 35 heavy (non-hydrogen) atoms. The van der Waals surface area contributed by atoms with E-state index in [4.69, 9.17) is 23.2 Å². The van der Waals surface area contributed by atoms with E-state index in [9.17, 15) is 9.59 Å². The summed E-state index contributed by atoms with van der Waals surface area (Å²) in [5.74, 6) is 0.00420. The van der Waals surface area contributed by atoms with E-state index in [-0.39, 0.29) is 29.8 Å². The van der Waals surface area contributed by atoms with Gasteiger partial charge in [-0.15, -0.1) is 0 Å². The van der Waals surface area contributed by atoms with Gasteiger partial charge in [-0.1, -0.05) is 68.2 Å². The Morgan fingerprint density at radius 1 is 1.03 bits per heavy atom. The SMILES string of the molecule is CC(C)(C)CC(=O)N(CC(=O)N(CCc1c[nH]c2ccccc12)Cc1ccc(Cl)c(Cl)c1)C1CC1. The molecule has 0 atom stereocenters. The lowest BCUT2D eigenvalue weighted by Crippen LogP contribution is -2.45. The van der Waals surface area contributed by atoms with Gasteiger partial charge in [-0.3, -0.25) is 9.59 Å². The third kappa shape index (κ3) is 6.80. The summed E-state index contributed by atoms with van der Waals surface area (Å²) in [6.07, 6.45) is 5.07. The molecule has 1 saturated carbocycles. The molecule has 1 N–H and O–H groups in total. The average molecular weight is 514 g/mol. The normalized spacial score (nSPS) is 13.7. The summed E-state index contributed by atoms with van der Waals surface area (Å²) in [6.45, 7) is 7.20. The van der Waals surface area contributed by atoms with E-state index in [1.54, 1.807) is 17.0 Å². The average Bonchev–Trinajstić information content (AvgIpc) is 3.55. The highest BCUT2D eigenvalue weighted by Crippen LogP contribution is 2.30. The monoisotopic (exact) mass is 513 g/mol. The molecule has 5 nitrogen and oxygen atoms in total. The number of nitrogens with zero attached hydrogens (tertiary/aromatic N) is 2. The predicted molar refractivity (Wildman–Crippen MR) is 143 cm³/mol. The highest BCUT2D eigenvalue weighted by Gasteiger charge is 2.36. The summed E-state index contributed by atoms with van der Waals surface area (Å²) < 4.78 is 0. The number of halogens is 2. The van der Waals surface area contributed by atoms with Crippen LogP contribution in [0, 0.1) is 5.41 Å². The van der Waals surface area contributed by atoms with Gasteiger partial charge in [-0.05, 0) is 54.0 Å². The Morgan fingerprint density at radius 2 is 1.77 bits per heavy atom. The second-order valence-corrected chi connectivity index (χ2v) is 11.5. The molecule has 7 heteroatoms. The minimum absolute atomic E-state index is 0.0509. The zero-order chi connectivity index (χ0) is 25.2. The van der Waals surface area contributed by atoms with Crippen LogP contribution in [0.15, 0.2) is 48.7 Å². The van der Waals surface area contributed by atoms with E-state index in [1.165, 1.54) is 0 Å². The van der Waals surface area contributed by atoms with Crippen LogP contribution in [0.2, 0.25) is 10.0 Å². The number of amides is 2. The van der Waals surface area contributed by atoms with E-state index in [2.05, 4.69) is 31.8 Å². The molecule has 1 fully saturated rings. The molecule has 0 aliphatic heterocycles. The summed E-state index contributed by atoms with van der Waals surface area (Å²) in [4.78, 5) is 33.6. The molecule has 0 spiro atoms. The Hall–Kier alpha value is -2.50. The molecule has 0 bridgehead atoms. The van der Waals surface area contributed by atoms with Crippen LogP contribution >= 0.6 is 23.2 Å². The molecule has 2 aromatic carbocycles. The summed E-state index contributed by atoms with van der Waals surface area (Å²) >= 11 is 12.3. The van der Waals surface area contributed by atoms with Crippen LogP contribution in [0.5, 0.6) is 0 Å². The topological polar surface area (TPSA) is 56.4 Å². The maximum atomic E-state index is 13.6. The number of H-pyrrole nitrogens is 1. The molecular formula is C28H33Cl2N3O2. The number of benzene rings is 2. The Bertz CT molecular complexity index is 1210. The highest BCUT2D eigenvalue weighted by molar-refractivity contribution is 6.42. The van der Waals surface area contributed by atoms with Crippen molar-refractivity contribution in [2.45, 2.75) is 59.0 Å². The first-order valence-electron chi connectivity index (χ1n) is 12.2. The van der Waals surface area contributed by atoms with Crippen molar-refractivity contribution in [3.8, 4) is 0 Å². The Labute approximate surface area is 217 Å². The molecule has 4 rings (SSSR count). The maximum Gasteiger partial charge on any atom is 0.242 e. The van der Waals surface area contributed by atoms with Crippen molar-refractivity contribution >= 4 is 45.9 Å². The van der Waals surface area contributed by atoms with Crippen molar-refractivity contribution in [1.29, 1.82) is 0 Å². The fourth-order valence-corrected chi connectivity index (χ4v) is 4.67. The minimum atomic E-state index is -0.123. The van der Waals surface area contributed by atoms with Crippen molar-refractivity contribution in [2.75, 3.05) is 13.1 Å². The summed E-state index contributed by atoms with van der Waals surface area (Å²) in [6, 6.07) is 13.8. The molecule has 0 unspecified atom stereocenters. The van der Waals surface area contributed by atoms with Gasteiger partial charge in [0.15, 0.2) is 0 Å². The zero-order valence-corrected chi connectivity index (χ0v) is 22.1. The number of para-hydroxylation sites is 1. The van der Waals surface area contributed by atoms with E-state index >= 15 is 0 Å². The lowest BCUT2D eigenvalue weighted by Gasteiger charge is -2.30. The number of hydrogen-bond acceptors (Lipinski definition) is 2. The summed E-state index contributed by atoms with van der Waals surface area (Å²) in [7, 11) is 0. The van der Waals surface area contributed by atoms with Crippen molar-refractivity contribution in [3.05, 3.63) is 69.8 Å². The van der Waals surface area contributed by atoms with E-state index < -0.39 is 0 Å². The van der Waals surface area contributed by atoms with Gasteiger partial charge in [0.2, 0.25) is 11.8 Å². The predicted octanol–water partition coefficient (Wildman–Crippen LogP) is 6.47. The number of carbonyl (C=O) groups is 2. The Morgan fingerprint density at radius 3 is 2.46 bits per heavy atom. The highest BCUT2D eigenvalue weighted by atomic mass is 35.5. The second kappa shape index (κ2) is 10.6. The smallest absolute Gasteiger partial charge is 0.242 e. The van der Waals surface area contributed by atoms with Crippen LogP contribution < -0.4 is 0 Å². The number of carbonyl (C=O) groups excluding carboxylic acids is 2. The van der Waals surface area contributed by atoms with Crippen LogP contribution in [0.25, 0.3) is 10.9 Å². The number of nitrogens with one attached hydrogen (secondary N) is 1. The van der Waals surface area contributed by atoms with Crippen LogP contribution in [-0.2, 0) is 22.6 Å². The van der Waals surface area contributed by atoms with Gasteiger partial charge in [-0.25, -0.2) is 0 Å². The molecule has 1 heterocycles. The number of aromatic nitrogens is 1. The number of aromatic amines is 1.